The molecule has 1 aromatic carbocycles. The molecule has 0 saturated carbocycles. The van der Waals surface area contributed by atoms with Crippen LogP contribution in [0.5, 0.6) is 0 Å². The van der Waals surface area contributed by atoms with E-state index in [9.17, 15) is 23.3 Å². The third kappa shape index (κ3) is 5.21. The summed E-state index contributed by atoms with van der Waals surface area (Å²) in [5.41, 5.74) is -0.301. The fourth-order valence-electron chi connectivity index (χ4n) is 2.74. The Labute approximate surface area is 146 Å². The molecule has 0 radical (unpaired) electrons. The number of nitro benzene ring substituents is 1. The number of benzene rings is 1. The predicted octanol–water partition coefficient (Wildman–Crippen LogP) is 0.474. The molecule has 1 amide bonds. The summed E-state index contributed by atoms with van der Waals surface area (Å²) in [6.07, 6.45) is 1.97. The van der Waals surface area contributed by atoms with Crippen molar-refractivity contribution in [3.8, 4) is 0 Å². The number of nitrogens with zero attached hydrogens (tertiary/aromatic N) is 2. The average molecular weight is 370 g/mol. The molecule has 10 heteroatoms. The summed E-state index contributed by atoms with van der Waals surface area (Å²) < 4.78 is 26.7. The maximum atomic E-state index is 12.2. The number of nitrogens with one attached hydrogen (secondary N) is 2. The highest BCUT2D eigenvalue weighted by molar-refractivity contribution is 7.89. The number of carbonyl (C=O) groups excluding carboxylic acids is 1. The van der Waals surface area contributed by atoms with E-state index >= 15 is 0 Å². The monoisotopic (exact) mass is 370 g/mol. The van der Waals surface area contributed by atoms with Gasteiger partial charge in [-0.1, -0.05) is 6.07 Å². The molecule has 0 spiro atoms. The summed E-state index contributed by atoms with van der Waals surface area (Å²) in [6, 6.07) is 5.06. The molecule has 1 unspecified atom stereocenters. The maximum Gasteiger partial charge on any atom is 0.270 e. The highest BCUT2D eigenvalue weighted by atomic mass is 32.2. The highest BCUT2D eigenvalue weighted by Gasteiger charge is 2.23. The lowest BCUT2D eigenvalue weighted by atomic mass is 10.1. The van der Waals surface area contributed by atoms with Crippen LogP contribution in [0.4, 0.5) is 5.69 Å². The predicted molar refractivity (Wildman–Crippen MR) is 91.6 cm³/mol. The van der Waals surface area contributed by atoms with E-state index < -0.39 is 14.9 Å². The van der Waals surface area contributed by atoms with Crippen molar-refractivity contribution in [2.24, 2.45) is 0 Å². The molecule has 1 fully saturated rings. The highest BCUT2D eigenvalue weighted by Crippen LogP contribution is 2.17. The Morgan fingerprint density at radius 2 is 2.20 bits per heavy atom. The van der Waals surface area contributed by atoms with Gasteiger partial charge in [0.2, 0.25) is 15.9 Å². The fraction of sp³-hybridized carbons (Fsp3) is 0.533. The molecule has 1 atom stereocenters. The van der Waals surface area contributed by atoms with Gasteiger partial charge in [-0.05, 0) is 26.0 Å². The molecule has 1 heterocycles. The first kappa shape index (κ1) is 19.3. The number of likely N-dealkylation sites (N-methyl/N-ethyl adjacent to an activating group) is 1. The second-order valence-corrected chi connectivity index (χ2v) is 7.64. The van der Waals surface area contributed by atoms with Gasteiger partial charge < -0.3 is 10.2 Å². The molecular weight excluding hydrogens is 348 g/mol. The molecule has 2 N–H and O–H groups in total. The molecule has 0 aliphatic carbocycles. The second-order valence-electron chi connectivity index (χ2n) is 5.87. The number of amides is 1. The molecule has 1 aliphatic rings. The molecule has 1 aliphatic heterocycles. The summed E-state index contributed by atoms with van der Waals surface area (Å²) in [7, 11) is -2.04. The molecule has 25 heavy (non-hydrogen) atoms. The Kier molecular flexibility index (Phi) is 6.45. The van der Waals surface area contributed by atoms with Gasteiger partial charge in [0.15, 0.2) is 0 Å². The van der Waals surface area contributed by atoms with Crippen LogP contribution in [0.2, 0.25) is 0 Å². The van der Waals surface area contributed by atoms with E-state index in [1.165, 1.54) is 18.2 Å². The number of nitro groups is 1. The number of likely N-dealkylation sites (tertiary alicyclic amines) is 1. The van der Waals surface area contributed by atoms with Crippen molar-refractivity contribution in [3.63, 3.8) is 0 Å². The lowest BCUT2D eigenvalue weighted by molar-refractivity contribution is -0.385. The molecular formula is C15H22N4O5S. The quantitative estimate of drug-likeness (QED) is 0.532. The average Bonchev–Trinajstić information content (AvgIpc) is 2.61. The lowest BCUT2D eigenvalue weighted by Crippen LogP contribution is -2.47. The van der Waals surface area contributed by atoms with Crippen LogP contribution < -0.4 is 10.0 Å². The molecule has 138 valence electrons. The first-order valence-corrected chi connectivity index (χ1v) is 9.51. The van der Waals surface area contributed by atoms with Crippen molar-refractivity contribution >= 4 is 21.6 Å². The minimum atomic E-state index is -3.90. The van der Waals surface area contributed by atoms with Gasteiger partial charge >= 0.3 is 0 Å². The number of hydrogen-bond acceptors (Lipinski definition) is 6. The topological polar surface area (TPSA) is 122 Å². The number of sulfonamides is 1. The number of piperidine rings is 1. The number of carbonyl (C=O) groups is 1. The smallest absolute Gasteiger partial charge is 0.270 e. The molecule has 1 aromatic rings. The maximum absolute atomic E-state index is 12.2. The summed E-state index contributed by atoms with van der Waals surface area (Å²) in [4.78, 5) is 23.8. The normalized spacial score (nSPS) is 18.1. The third-order valence-electron chi connectivity index (χ3n) is 4.15. The van der Waals surface area contributed by atoms with Crippen LogP contribution >= 0.6 is 0 Å². The van der Waals surface area contributed by atoms with Gasteiger partial charge in [0.25, 0.3) is 5.69 Å². The van der Waals surface area contributed by atoms with Gasteiger partial charge in [0, 0.05) is 44.2 Å². The van der Waals surface area contributed by atoms with Crippen LogP contribution in [0.3, 0.4) is 0 Å². The van der Waals surface area contributed by atoms with Crippen molar-refractivity contribution in [3.05, 3.63) is 34.4 Å². The Hall–Kier alpha value is -2.04. The Morgan fingerprint density at radius 3 is 2.88 bits per heavy atom. The Bertz CT molecular complexity index is 737. The zero-order valence-corrected chi connectivity index (χ0v) is 14.8. The summed E-state index contributed by atoms with van der Waals surface area (Å²) >= 11 is 0. The van der Waals surface area contributed by atoms with Crippen molar-refractivity contribution in [2.75, 3.05) is 26.7 Å². The van der Waals surface area contributed by atoms with Gasteiger partial charge in [-0.15, -0.1) is 0 Å². The largest absolute Gasteiger partial charge is 0.341 e. The number of hydrogen-bond donors (Lipinski definition) is 2. The molecule has 0 aromatic heterocycles. The summed E-state index contributed by atoms with van der Waals surface area (Å²) in [5.74, 6) is -0.110. The molecule has 2 rings (SSSR count). The fourth-order valence-corrected chi connectivity index (χ4v) is 3.81. The van der Waals surface area contributed by atoms with E-state index in [0.29, 0.717) is 13.1 Å². The van der Waals surface area contributed by atoms with Crippen LogP contribution in [-0.2, 0) is 14.8 Å². The molecule has 0 bridgehead atoms. The van der Waals surface area contributed by atoms with Gasteiger partial charge in [0.05, 0.1) is 9.82 Å². The van der Waals surface area contributed by atoms with Crippen LogP contribution in [0.25, 0.3) is 0 Å². The number of non-ortho nitro benzene ring substituents is 1. The van der Waals surface area contributed by atoms with E-state index in [1.54, 1.807) is 4.90 Å². The Balaban J connectivity index is 1.91. The molecule has 9 nitrogen and oxygen atoms in total. The van der Waals surface area contributed by atoms with Crippen molar-refractivity contribution in [1.29, 1.82) is 0 Å². The van der Waals surface area contributed by atoms with Gasteiger partial charge in [-0.25, -0.2) is 13.1 Å². The number of rotatable bonds is 7. The van der Waals surface area contributed by atoms with Crippen LogP contribution in [0, 0.1) is 10.1 Å². The summed E-state index contributed by atoms with van der Waals surface area (Å²) in [5, 5.41) is 13.9. The zero-order valence-electron chi connectivity index (χ0n) is 14.0. The third-order valence-corrected chi connectivity index (χ3v) is 5.61. The van der Waals surface area contributed by atoms with Crippen LogP contribution in [-0.4, -0.2) is 56.9 Å². The van der Waals surface area contributed by atoms with Crippen LogP contribution in [0.1, 0.15) is 19.3 Å². The van der Waals surface area contributed by atoms with E-state index in [-0.39, 0.29) is 35.5 Å². The van der Waals surface area contributed by atoms with Crippen molar-refractivity contribution < 1.29 is 18.1 Å². The standard InChI is InChI=1S/C15H22N4O5S/c1-16-12-4-3-9-18(11-12)15(20)7-8-17-25(23,24)14-6-2-5-13(10-14)19(21)22/h2,5-6,10,12,16-17H,3-4,7-9,11H2,1H3. The lowest BCUT2D eigenvalue weighted by Gasteiger charge is -2.32. The first-order chi connectivity index (χ1) is 11.8. The van der Waals surface area contributed by atoms with Crippen molar-refractivity contribution in [1.82, 2.24) is 14.9 Å². The summed E-state index contributed by atoms with van der Waals surface area (Å²) in [6.45, 7) is 1.24. The van der Waals surface area contributed by atoms with Crippen molar-refractivity contribution in [2.45, 2.75) is 30.2 Å². The molecule has 1 saturated heterocycles. The van der Waals surface area contributed by atoms with E-state index in [1.807, 2.05) is 7.05 Å². The first-order valence-electron chi connectivity index (χ1n) is 8.02. The minimum Gasteiger partial charge on any atom is -0.341 e. The zero-order chi connectivity index (χ0) is 18.4. The van der Waals surface area contributed by atoms with Gasteiger partial charge in [0.1, 0.15) is 0 Å². The van der Waals surface area contributed by atoms with E-state index in [0.717, 1.165) is 18.9 Å². The van der Waals surface area contributed by atoms with E-state index in [2.05, 4.69) is 10.0 Å². The minimum absolute atomic E-state index is 0.0462. The Morgan fingerprint density at radius 1 is 1.44 bits per heavy atom. The second kappa shape index (κ2) is 8.37. The SMILES string of the molecule is CNC1CCCN(C(=O)CCNS(=O)(=O)c2cccc([N+](=O)[O-])c2)C1. The van der Waals surface area contributed by atoms with Gasteiger partial charge in [-0.2, -0.15) is 0 Å². The van der Waals surface area contributed by atoms with Crippen LogP contribution in [0.15, 0.2) is 29.2 Å². The van der Waals surface area contributed by atoms with E-state index in [4.69, 9.17) is 0 Å². The van der Waals surface area contributed by atoms with Gasteiger partial charge in [-0.3, -0.25) is 14.9 Å².